The normalized spacial score (nSPS) is 10.5. The highest BCUT2D eigenvalue weighted by Gasteiger charge is 2.19. The van der Waals surface area contributed by atoms with Gasteiger partial charge in [-0.1, -0.05) is 0 Å². The lowest BCUT2D eigenvalue weighted by Crippen LogP contribution is -2.18. The Morgan fingerprint density at radius 2 is 1.95 bits per heavy atom. The van der Waals surface area contributed by atoms with Crippen LogP contribution in [0.4, 0.5) is 11.4 Å². The predicted molar refractivity (Wildman–Crippen MR) is 89.1 cm³/mol. The Balaban J connectivity index is 2.22. The van der Waals surface area contributed by atoms with E-state index in [-0.39, 0.29) is 5.91 Å². The Hall–Kier alpha value is -1.82. The van der Waals surface area contributed by atoms with Crippen LogP contribution in [0.1, 0.15) is 23.1 Å². The number of halogens is 1. The Morgan fingerprint density at radius 1 is 1.33 bits per heavy atom. The van der Waals surface area contributed by atoms with Crippen molar-refractivity contribution in [3.05, 3.63) is 40.1 Å². The number of nitrogens with zero attached hydrogens (tertiary/aromatic N) is 3. The smallest absolute Gasteiger partial charge is 0.275 e. The molecule has 1 aromatic carbocycles. The molecular formula is C15H19BrN4O. The molecule has 0 atom stereocenters. The molecule has 0 spiro atoms. The number of carbonyl (C=O) groups excluding carboxylic acids is 1. The van der Waals surface area contributed by atoms with Crippen molar-refractivity contribution in [2.45, 2.75) is 20.4 Å². The number of carbonyl (C=O) groups is 1. The van der Waals surface area contributed by atoms with Gasteiger partial charge in [-0.15, -0.1) is 0 Å². The molecule has 5 nitrogen and oxygen atoms in total. The summed E-state index contributed by atoms with van der Waals surface area (Å²) in [5.74, 6) is -0.165. The minimum Gasteiger partial charge on any atom is -0.378 e. The lowest BCUT2D eigenvalue weighted by molar-refractivity contribution is 0.101. The second kappa shape index (κ2) is 6.30. The van der Waals surface area contributed by atoms with E-state index in [9.17, 15) is 4.79 Å². The molecule has 0 aliphatic rings. The summed E-state index contributed by atoms with van der Waals surface area (Å²) in [6.45, 7) is 4.48. The molecule has 1 aromatic heterocycles. The van der Waals surface area contributed by atoms with E-state index < -0.39 is 0 Å². The van der Waals surface area contributed by atoms with Gasteiger partial charge in [0.2, 0.25) is 0 Å². The number of hydrogen-bond donors (Lipinski definition) is 1. The van der Waals surface area contributed by atoms with Gasteiger partial charge in [-0.25, -0.2) is 0 Å². The molecule has 2 aromatic rings. The predicted octanol–water partition coefficient (Wildman–Crippen LogP) is 3.29. The molecular weight excluding hydrogens is 332 g/mol. The van der Waals surface area contributed by atoms with E-state index in [4.69, 9.17) is 0 Å². The van der Waals surface area contributed by atoms with Crippen molar-refractivity contribution in [3.8, 4) is 0 Å². The summed E-state index contributed by atoms with van der Waals surface area (Å²) in [5.41, 5.74) is 3.21. The molecule has 0 saturated carbocycles. The highest BCUT2D eigenvalue weighted by atomic mass is 79.9. The number of nitrogens with one attached hydrogen (secondary N) is 1. The van der Waals surface area contributed by atoms with Crippen molar-refractivity contribution < 1.29 is 4.79 Å². The number of anilines is 2. The van der Waals surface area contributed by atoms with E-state index >= 15 is 0 Å². The molecule has 2 rings (SSSR count). The lowest BCUT2D eigenvalue weighted by atomic mass is 10.2. The molecule has 0 unspecified atom stereocenters. The summed E-state index contributed by atoms with van der Waals surface area (Å²) in [6.07, 6.45) is 0. The number of rotatable bonds is 4. The molecule has 0 bridgehead atoms. The zero-order valence-electron chi connectivity index (χ0n) is 12.6. The maximum Gasteiger partial charge on any atom is 0.275 e. The van der Waals surface area contributed by atoms with Crippen LogP contribution in [0.3, 0.4) is 0 Å². The van der Waals surface area contributed by atoms with E-state index in [1.54, 1.807) is 4.68 Å². The third-order valence-electron chi connectivity index (χ3n) is 3.21. The zero-order valence-corrected chi connectivity index (χ0v) is 14.2. The van der Waals surface area contributed by atoms with Gasteiger partial charge in [0.1, 0.15) is 5.69 Å². The van der Waals surface area contributed by atoms with Crippen LogP contribution in [-0.2, 0) is 6.54 Å². The van der Waals surface area contributed by atoms with Crippen LogP contribution >= 0.6 is 15.9 Å². The molecule has 6 heteroatoms. The molecule has 1 amide bonds. The summed E-state index contributed by atoms with van der Waals surface area (Å²) >= 11 is 3.44. The molecule has 0 saturated heterocycles. The SMILES string of the molecule is CCn1nc(C)c(Br)c1C(=O)Nc1ccc(N(C)C)cc1. The number of aryl methyl sites for hydroxylation is 2. The third-order valence-corrected chi connectivity index (χ3v) is 4.16. The first-order valence-corrected chi connectivity index (χ1v) is 7.55. The van der Waals surface area contributed by atoms with Gasteiger partial charge in [-0.05, 0) is 54.0 Å². The maximum absolute atomic E-state index is 12.4. The Morgan fingerprint density at radius 3 is 2.48 bits per heavy atom. The molecule has 1 N–H and O–H groups in total. The summed E-state index contributed by atoms with van der Waals surface area (Å²) < 4.78 is 2.44. The number of benzene rings is 1. The van der Waals surface area contributed by atoms with Gasteiger partial charge < -0.3 is 10.2 Å². The topological polar surface area (TPSA) is 50.2 Å². The van der Waals surface area contributed by atoms with E-state index in [1.807, 2.05) is 57.1 Å². The second-order valence-corrected chi connectivity index (χ2v) is 5.75. The molecule has 0 aliphatic carbocycles. The van der Waals surface area contributed by atoms with E-state index in [0.717, 1.165) is 21.5 Å². The summed E-state index contributed by atoms with van der Waals surface area (Å²) in [5, 5.41) is 7.24. The van der Waals surface area contributed by atoms with Crippen LogP contribution in [0.2, 0.25) is 0 Å². The largest absolute Gasteiger partial charge is 0.378 e. The van der Waals surface area contributed by atoms with Crippen LogP contribution < -0.4 is 10.2 Å². The van der Waals surface area contributed by atoms with Crippen LogP contribution in [0.5, 0.6) is 0 Å². The molecule has 21 heavy (non-hydrogen) atoms. The second-order valence-electron chi connectivity index (χ2n) is 4.96. The molecule has 1 heterocycles. The fourth-order valence-electron chi connectivity index (χ4n) is 2.04. The monoisotopic (exact) mass is 350 g/mol. The van der Waals surface area contributed by atoms with Gasteiger partial charge in [0, 0.05) is 32.0 Å². The van der Waals surface area contributed by atoms with Gasteiger partial charge in [-0.3, -0.25) is 9.48 Å². The average Bonchev–Trinajstić information content (AvgIpc) is 2.74. The molecule has 0 fully saturated rings. The van der Waals surface area contributed by atoms with Crippen molar-refractivity contribution in [2.75, 3.05) is 24.3 Å². The quantitative estimate of drug-likeness (QED) is 0.920. The van der Waals surface area contributed by atoms with Gasteiger partial charge in [-0.2, -0.15) is 5.10 Å². The van der Waals surface area contributed by atoms with Crippen molar-refractivity contribution >= 4 is 33.2 Å². The summed E-state index contributed by atoms with van der Waals surface area (Å²) in [4.78, 5) is 14.4. The number of aromatic nitrogens is 2. The van der Waals surface area contributed by atoms with E-state index in [1.165, 1.54) is 0 Å². The minimum absolute atomic E-state index is 0.165. The van der Waals surface area contributed by atoms with Gasteiger partial charge in [0.05, 0.1) is 10.2 Å². The maximum atomic E-state index is 12.4. The highest BCUT2D eigenvalue weighted by Crippen LogP contribution is 2.23. The van der Waals surface area contributed by atoms with Gasteiger partial charge >= 0.3 is 0 Å². The van der Waals surface area contributed by atoms with Crippen molar-refractivity contribution in [1.29, 1.82) is 0 Å². The third kappa shape index (κ3) is 3.26. The Bertz CT molecular complexity index is 646. The lowest BCUT2D eigenvalue weighted by Gasteiger charge is -2.13. The van der Waals surface area contributed by atoms with Crippen molar-refractivity contribution in [2.24, 2.45) is 0 Å². The van der Waals surface area contributed by atoms with Crippen LogP contribution in [0, 0.1) is 6.92 Å². The first-order chi connectivity index (χ1) is 9.93. The molecule has 112 valence electrons. The van der Waals surface area contributed by atoms with E-state index in [0.29, 0.717) is 12.2 Å². The van der Waals surface area contributed by atoms with Crippen molar-refractivity contribution in [1.82, 2.24) is 9.78 Å². The summed E-state index contributed by atoms with van der Waals surface area (Å²) in [6, 6.07) is 7.71. The van der Waals surface area contributed by atoms with E-state index in [2.05, 4.69) is 26.3 Å². The minimum atomic E-state index is -0.165. The molecule has 0 radical (unpaired) electrons. The first-order valence-electron chi connectivity index (χ1n) is 6.75. The van der Waals surface area contributed by atoms with Crippen LogP contribution in [-0.4, -0.2) is 29.8 Å². The first kappa shape index (κ1) is 15.6. The zero-order chi connectivity index (χ0) is 15.6. The van der Waals surface area contributed by atoms with Crippen LogP contribution in [0.25, 0.3) is 0 Å². The number of amides is 1. The standard InChI is InChI=1S/C15H19BrN4O/c1-5-20-14(13(16)10(2)18-20)15(21)17-11-6-8-12(9-7-11)19(3)4/h6-9H,5H2,1-4H3,(H,17,21). The summed E-state index contributed by atoms with van der Waals surface area (Å²) in [7, 11) is 3.96. The highest BCUT2D eigenvalue weighted by molar-refractivity contribution is 9.10. The average molecular weight is 351 g/mol. The Labute approximate surface area is 133 Å². The van der Waals surface area contributed by atoms with Gasteiger partial charge in [0.15, 0.2) is 0 Å². The molecule has 0 aliphatic heterocycles. The Kier molecular flexibility index (Phi) is 4.67. The number of hydrogen-bond acceptors (Lipinski definition) is 3. The van der Waals surface area contributed by atoms with Crippen molar-refractivity contribution in [3.63, 3.8) is 0 Å². The van der Waals surface area contributed by atoms with Gasteiger partial charge in [0.25, 0.3) is 5.91 Å². The fraction of sp³-hybridized carbons (Fsp3) is 0.333. The van der Waals surface area contributed by atoms with Crippen LogP contribution in [0.15, 0.2) is 28.7 Å². The fourth-order valence-corrected chi connectivity index (χ4v) is 2.50.